The van der Waals surface area contributed by atoms with Crippen molar-refractivity contribution in [3.05, 3.63) is 69.2 Å². The second-order valence-corrected chi connectivity index (χ2v) is 4.96. The fraction of sp³-hybridized carbons (Fsp3) is 0.200. The molecule has 1 N–H and O–H groups in total. The molecule has 4 heteroatoms. The van der Waals surface area contributed by atoms with Crippen LogP contribution in [0.4, 0.5) is 8.78 Å². The summed E-state index contributed by atoms with van der Waals surface area (Å²) in [6, 6.07) is 7.18. The third-order valence-corrected chi connectivity index (χ3v) is 3.35. The number of aliphatic hydroxyl groups excluding tert-OH is 1. The highest BCUT2D eigenvalue weighted by atomic mass is 35.5. The van der Waals surface area contributed by atoms with Crippen LogP contribution in [0.25, 0.3) is 0 Å². The minimum atomic E-state index is -1.22. The predicted octanol–water partition coefficient (Wildman–Crippen LogP) is 4.32. The molecule has 0 aliphatic rings. The molecule has 19 heavy (non-hydrogen) atoms. The molecule has 100 valence electrons. The van der Waals surface area contributed by atoms with Crippen LogP contribution in [-0.4, -0.2) is 5.11 Å². The molecule has 0 saturated heterocycles. The Labute approximate surface area is 115 Å². The van der Waals surface area contributed by atoms with Gasteiger partial charge in [0.2, 0.25) is 0 Å². The van der Waals surface area contributed by atoms with Gasteiger partial charge in [0.15, 0.2) is 0 Å². The van der Waals surface area contributed by atoms with Gasteiger partial charge < -0.3 is 5.11 Å². The minimum Gasteiger partial charge on any atom is -0.383 e. The van der Waals surface area contributed by atoms with Crippen molar-refractivity contribution in [3.63, 3.8) is 0 Å². The first kappa shape index (κ1) is 14.0. The molecule has 2 rings (SSSR count). The number of aliphatic hydroxyl groups is 1. The number of rotatable bonds is 2. The van der Waals surface area contributed by atoms with E-state index in [4.69, 9.17) is 11.6 Å². The smallest absolute Gasteiger partial charge is 0.132 e. The topological polar surface area (TPSA) is 20.2 Å². The fourth-order valence-electron chi connectivity index (χ4n) is 1.91. The van der Waals surface area contributed by atoms with Crippen LogP contribution < -0.4 is 0 Å². The zero-order chi connectivity index (χ0) is 14.2. The summed E-state index contributed by atoms with van der Waals surface area (Å²) in [5, 5.41) is 10.6. The number of benzene rings is 2. The van der Waals surface area contributed by atoms with Crippen LogP contribution in [0.5, 0.6) is 0 Å². The summed E-state index contributed by atoms with van der Waals surface area (Å²) < 4.78 is 26.9. The molecule has 1 atom stereocenters. The summed E-state index contributed by atoms with van der Waals surface area (Å²) >= 11 is 6.04. The molecule has 0 aliphatic heterocycles. The predicted molar refractivity (Wildman–Crippen MR) is 71.3 cm³/mol. The van der Waals surface area contributed by atoms with E-state index in [1.807, 2.05) is 6.92 Å². The van der Waals surface area contributed by atoms with Crippen LogP contribution in [0.1, 0.15) is 28.4 Å². The molecule has 0 radical (unpaired) electrons. The Kier molecular flexibility index (Phi) is 3.88. The third kappa shape index (κ3) is 2.77. The maximum atomic E-state index is 13.7. The van der Waals surface area contributed by atoms with Crippen molar-refractivity contribution in [3.8, 4) is 0 Å². The van der Waals surface area contributed by atoms with E-state index in [1.165, 1.54) is 13.0 Å². The first-order valence-electron chi connectivity index (χ1n) is 5.80. The van der Waals surface area contributed by atoms with Crippen molar-refractivity contribution >= 4 is 11.6 Å². The molecular weight excluding hydrogens is 270 g/mol. The zero-order valence-corrected chi connectivity index (χ0v) is 11.3. The maximum absolute atomic E-state index is 13.7. The number of hydrogen-bond acceptors (Lipinski definition) is 1. The highest BCUT2D eigenvalue weighted by Gasteiger charge is 2.19. The first-order chi connectivity index (χ1) is 8.90. The van der Waals surface area contributed by atoms with Crippen LogP contribution in [0, 0.1) is 25.5 Å². The molecule has 0 heterocycles. The minimum absolute atomic E-state index is 0.0182. The number of aryl methyl sites for hydroxylation is 2. The largest absolute Gasteiger partial charge is 0.383 e. The maximum Gasteiger partial charge on any atom is 0.132 e. The van der Waals surface area contributed by atoms with Gasteiger partial charge in [0.05, 0.1) is 0 Å². The summed E-state index contributed by atoms with van der Waals surface area (Å²) in [6.45, 7) is 3.38. The van der Waals surface area contributed by atoms with Crippen molar-refractivity contribution in [2.24, 2.45) is 0 Å². The second-order valence-electron chi connectivity index (χ2n) is 4.55. The lowest BCUT2D eigenvalue weighted by molar-refractivity contribution is 0.214. The summed E-state index contributed by atoms with van der Waals surface area (Å²) in [5.41, 5.74) is 1.64. The van der Waals surface area contributed by atoms with Gasteiger partial charge in [0, 0.05) is 22.2 Å². The van der Waals surface area contributed by atoms with Crippen LogP contribution in [0.15, 0.2) is 30.3 Å². The van der Waals surface area contributed by atoms with E-state index in [-0.39, 0.29) is 11.1 Å². The summed E-state index contributed by atoms with van der Waals surface area (Å²) in [4.78, 5) is 0. The molecule has 0 aliphatic carbocycles. The van der Waals surface area contributed by atoms with Crippen molar-refractivity contribution in [2.45, 2.75) is 20.0 Å². The van der Waals surface area contributed by atoms with Crippen LogP contribution in [-0.2, 0) is 0 Å². The first-order valence-corrected chi connectivity index (χ1v) is 6.17. The van der Waals surface area contributed by atoms with Gasteiger partial charge in [0.1, 0.15) is 17.7 Å². The monoisotopic (exact) mass is 282 g/mol. The molecule has 1 unspecified atom stereocenters. The molecule has 2 aromatic rings. The Morgan fingerprint density at radius 2 is 1.68 bits per heavy atom. The lowest BCUT2D eigenvalue weighted by Gasteiger charge is -2.15. The standard InChI is InChI=1S/C15H13ClF2O/c1-8-3-4-10(12(16)5-8)15(19)11-6-9(2)13(17)7-14(11)18/h3-7,15,19H,1-2H3. The van der Waals surface area contributed by atoms with E-state index in [0.29, 0.717) is 10.6 Å². The SMILES string of the molecule is Cc1ccc(C(O)c2cc(C)c(F)cc2F)c(Cl)c1. The Morgan fingerprint density at radius 3 is 2.32 bits per heavy atom. The fourth-order valence-corrected chi connectivity index (χ4v) is 2.25. The van der Waals surface area contributed by atoms with Gasteiger partial charge in [-0.25, -0.2) is 8.78 Å². The van der Waals surface area contributed by atoms with Crippen molar-refractivity contribution in [1.29, 1.82) is 0 Å². The summed E-state index contributed by atoms with van der Waals surface area (Å²) in [7, 11) is 0. The van der Waals surface area contributed by atoms with Crippen LogP contribution >= 0.6 is 11.6 Å². The normalized spacial score (nSPS) is 12.5. The molecule has 0 fully saturated rings. The van der Waals surface area contributed by atoms with E-state index in [0.717, 1.165) is 11.6 Å². The van der Waals surface area contributed by atoms with Gasteiger partial charge in [0.25, 0.3) is 0 Å². The Hall–Kier alpha value is -1.45. The molecule has 0 amide bonds. The molecule has 0 aromatic heterocycles. The number of halogens is 3. The van der Waals surface area contributed by atoms with E-state index >= 15 is 0 Å². The second kappa shape index (κ2) is 5.27. The van der Waals surface area contributed by atoms with Gasteiger partial charge in [-0.3, -0.25) is 0 Å². The average molecular weight is 283 g/mol. The number of hydrogen-bond donors (Lipinski definition) is 1. The summed E-state index contributed by atoms with van der Waals surface area (Å²) in [6.07, 6.45) is -1.22. The van der Waals surface area contributed by atoms with E-state index in [9.17, 15) is 13.9 Å². The molecule has 0 bridgehead atoms. The molecule has 2 aromatic carbocycles. The summed E-state index contributed by atoms with van der Waals surface area (Å²) in [5.74, 6) is -1.42. The third-order valence-electron chi connectivity index (χ3n) is 3.02. The van der Waals surface area contributed by atoms with E-state index in [2.05, 4.69) is 0 Å². The lowest BCUT2D eigenvalue weighted by Crippen LogP contribution is -2.05. The van der Waals surface area contributed by atoms with Gasteiger partial charge >= 0.3 is 0 Å². The Bertz CT molecular complexity index is 626. The van der Waals surface area contributed by atoms with Gasteiger partial charge in [-0.15, -0.1) is 0 Å². The molecular formula is C15H13ClF2O. The van der Waals surface area contributed by atoms with Crippen molar-refractivity contribution in [1.82, 2.24) is 0 Å². The Morgan fingerprint density at radius 1 is 1.00 bits per heavy atom. The van der Waals surface area contributed by atoms with Crippen LogP contribution in [0.2, 0.25) is 5.02 Å². The quantitative estimate of drug-likeness (QED) is 0.870. The van der Waals surface area contributed by atoms with E-state index in [1.54, 1.807) is 18.2 Å². The van der Waals surface area contributed by atoms with E-state index < -0.39 is 17.7 Å². The zero-order valence-electron chi connectivity index (χ0n) is 10.5. The van der Waals surface area contributed by atoms with Gasteiger partial charge in [-0.05, 0) is 37.1 Å². The van der Waals surface area contributed by atoms with Crippen LogP contribution in [0.3, 0.4) is 0 Å². The van der Waals surface area contributed by atoms with Crippen molar-refractivity contribution in [2.75, 3.05) is 0 Å². The molecule has 0 saturated carbocycles. The lowest BCUT2D eigenvalue weighted by atomic mass is 9.98. The van der Waals surface area contributed by atoms with Gasteiger partial charge in [-0.2, -0.15) is 0 Å². The average Bonchev–Trinajstić information content (AvgIpc) is 2.33. The molecule has 1 nitrogen and oxygen atoms in total. The van der Waals surface area contributed by atoms with Crippen molar-refractivity contribution < 1.29 is 13.9 Å². The molecule has 0 spiro atoms. The highest BCUT2D eigenvalue weighted by molar-refractivity contribution is 6.31. The van der Waals surface area contributed by atoms with Gasteiger partial charge in [-0.1, -0.05) is 23.7 Å². The highest BCUT2D eigenvalue weighted by Crippen LogP contribution is 2.31. The Balaban J connectivity index is 2.49.